The van der Waals surface area contributed by atoms with Crippen LogP contribution in [0.5, 0.6) is 0 Å². The predicted molar refractivity (Wildman–Crippen MR) is 99.5 cm³/mol. The topological polar surface area (TPSA) is 0 Å². The number of fused-ring (bicyclic) bond motifs is 2. The van der Waals surface area contributed by atoms with Gasteiger partial charge in [0.05, 0.1) is 0 Å². The number of thioether (sulfide) groups is 1. The summed E-state index contributed by atoms with van der Waals surface area (Å²) in [5.74, 6) is 5.37. The molecule has 22 heavy (non-hydrogen) atoms. The van der Waals surface area contributed by atoms with Crippen LogP contribution in [0, 0.1) is 23.2 Å². The molecule has 0 aliphatic heterocycles. The zero-order valence-electron chi connectivity index (χ0n) is 14.8. The lowest BCUT2D eigenvalue weighted by Crippen LogP contribution is -2.50. The molecule has 1 aromatic carbocycles. The molecular formula is C21H32S. The largest absolute Gasteiger partial charge is 0.162 e. The van der Waals surface area contributed by atoms with Crippen LogP contribution in [0.4, 0.5) is 0 Å². The molecule has 122 valence electrons. The van der Waals surface area contributed by atoms with Gasteiger partial charge in [0, 0.05) is 0 Å². The molecule has 0 N–H and O–H groups in total. The summed E-state index contributed by atoms with van der Waals surface area (Å²) in [6.07, 6.45) is 5.63. The molecule has 0 spiro atoms. The van der Waals surface area contributed by atoms with Gasteiger partial charge in [0.15, 0.2) is 0 Å². The van der Waals surface area contributed by atoms with E-state index in [-0.39, 0.29) is 0 Å². The fourth-order valence-corrected chi connectivity index (χ4v) is 6.83. The maximum absolute atomic E-state index is 2.53. The fourth-order valence-electron chi connectivity index (χ4n) is 5.72. The highest BCUT2D eigenvalue weighted by atomic mass is 32.2. The van der Waals surface area contributed by atoms with Gasteiger partial charge < -0.3 is 0 Å². The van der Waals surface area contributed by atoms with E-state index in [1.165, 1.54) is 37.2 Å². The molecule has 1 aromatic rings. The van der Waals surface area contributed by atoms with Crippen molar-refractivity contribution in [3.8, 4) is 0 Å². The van der Waals surface area contributed by atoms with Crippen molar-refractivity contribution < 1.29 is 0 Å². The minimum atomic E-state index is 0.445. The Morgan fingerprint density at radius 1 is 1.09 bits per heavy atom. The van der Waals surface area contributed by atoms with Gasteiger partial charge in [-0.05, 0) is 71.3 Å². The number of rotatable bonds is 4. The molecule has 4 atom stereocenters. The smallest absolute Gasteiger partial charge is 0.00340 e. The highest BCUT2D eigenvalue weighted by molar-refractivity contribution is 7.99. The molecule has 0 aromatic heterocycles. The quantitative estimate of drug-likeness (QED) is 0.641. The lowest BCUT2D eigenvalue weighted by atomic mass is 9.48. The Bertz CT molecular complexity index is 488. The van der Waals surface area contributed by atoms with Crippen molar-refractivity contribution in [1.82, 2.24) is 0 Å². The van der Waals surface area contributed by atoms with Gasteiger partial charge in [0.25, 0.3) is 0 Å². The third-order valence-electron chi connectivity index (χ3n) is 6.23. The molecule has 0 heterocycles. The first-order valence-electron chi connectivity index (χ1n) is 9.09. The van der Waals surface area contributed by atoms with Crippen LogP contribution >= 0.6 is 11.8 Å². The van der Waals surface area contributed by atoms with E-state index in [1.807, 2.05) is 0 Å². The van der Waals surface area contributed by atoms with E-state index in [4.69, 9.17) is 0 Å². The van der Waals surface area contributed by atoms with Crippen molar-refractivity contribution >= 4 is 11.8 Å². The normalized spacial score (nSPS) is 37.0. The number of hydrogen-bond donors (Lipinski definition) is 0. The third-order valence-corrected chi connectivity index (χ3v) is 7.26. The van der Waals surface area contributed by atoms with Crippen molar-refractivity contribution in [2.24, 2.45) is 23.2 Å². The molecule has 2 aliphatic rings. The SMILES string of the molecule is CCSCC1C(C)CC2(c3ccccc3)CC1CC(C)(C)C2. The van der Waals surface area contributed by atoms with E-state index in [1.54, 1.807) is 5.56 Å². The van der Waals surface area contributed by atoms with Crippen LogP contribution < -0.4 is 0 Å². The third kappa shape index (κ3) is 3.11. The van der Waals surface area contributed by atoms with Crippen LogP contribution in [0.3, 0.4) is 0 Å². The molecule has 0 radical (unpaired) electrons. The van der Waals surface area contributed by atoms with Gasteiger partial charge in [-0.25, -0.2) is 0 Å². The summed E-state index contributed by atoms with van der Waals surface area (Å²) in [7, 11) is 0. The first-order chi connectivity index (χ1) is 10.5. The van der Waals surface area contributed by atoms with E-state index >= 15 is 0 Å². The van der Waals surface area contributed by atoms with Gasteiger partial charge in [0.2, 0.25) is 0 Å². The Hall–Kier alpha value is -0.430. The average Bonchev–Trinajstić information content (AvgIpc) is 2.46. The zero-order chi connectivity index (χ0) is 15.8. The Morgan fingerprint density at radius 3 is 2.50 bits per heavy atom. The first kappa shape index (κ1) is 16.4. The van der Waals surface area contributed by atoms with Gasteiger partial charge in [-0.1, -0.05) is 58.0 Å². The van der Waals surface area contributed by atoms with Gasteiger partial charge in [-0.2, -0.15) is 11.8 Å². The van der Waals surface area contributed by atoms with Gasteiger partial charge in [0.1, 0.15) is 0 Å². The molecule has 1 heteroatoms. The van der Waals surface area contributed by atoms with E-state index in [9.17, 15) is 0 Å². The lowest BCUT2D eigenvalue weighted by Gasteiger charge is -2.57. The average molecular weight is 317 g/mol. The van der Waals surface area contributed by atoms with Crippen LogP contribution in [0.1, 0.15) is 58.9 Å². The van der Waals surface area contributed by atoms with E-state index in [0.717, 1.165) is 17.8 Å². The molecule has 2 bridgehead atoms. The highest BCUT2D eigenvalue weighted by Crippen LogP contribution is 2.59. The van der Waals surface area contributed by atoms with Gasteiger partial charge in [-0.15, -0.1) is 0 Å². The van der Waals surface area contributed by atoms with E-state index in [0.29, 0.717) is 10.8 Å². The Kier molecular flexibility index (Phi) is 4.65. The van der Waals surface area contributed by atoms with Crippen LogP contribution in [0.15, 0.2) is 30.3 Å². The second-order valence-electron chi connectivity index (χ2n) is 8.66. The fraction of sp³-hybridized carbons (Fsp3) is 0.714. The Labute approximate surface area is 141 Å². The maximum Gasteiger partial charge on any atom is -0.00340 e. The molecule has 2 saturated carbocycles. The van der Waals surface area contributed by atoms with Crippen molar-refractivity contribution in [2.45, 2.75) is 58.8 Å². The summed E-state index contributed by atoms with van der Waals surface area (Å²) >= 11 is 2.16. The highest BCUT2D eigenvalue weighted by Gasteiger charge is 2.52. The standard InChI is InChI=1S/C21H32S/c1-5-22-14-19-16(2)11-21(18-9-7-6-8-10-18)13-17(19)12-20(3,4)15-21/h6-10,16-17,19H,5,11-15H2,1-4H3. The van der Waals surface area contributed by atoms with E-state index < -0.39 is 0 Å². The van der Waals surface area contributed by atoms with E-state index in [2.05, 4.69) is 69.8 Å². The summed E-state index contributed by atoms with van der Waals surface area (Å²) < 4.78 is 0. The molecule has 2 fully saturated rings. The molecule has 0 saturated heterocycles. The second-order valence-corrected chi connectivity index (χ2v) is 9.98. The summed E-state index contributed by atoms with van der Waals surface area (Å²) in [4.78, 5) is 0. The monoisotopic (exact) mass is 316 g/mol. The molecular weight excluding hydrogens is 284 g/mol. The zero-order valence-corrected chi connectivity index (χ0v) is 15.6. The maximum atomic E-state index is 2.53. The molecule has 2 aliphatic carbocycles. The summed E-state index contributed by atoms with van der Waals surface area (Å²) in [5.41, 5.74) is 2.55. The Balaban J connectivity index is 1.92. The minimum absolute atomic E-state index is 0.445. The van der Waals surface area contributed by atoms with Crippen molar-refractivity contribution in [2.75, 3.05) is 11.5 Å². The van der Waals surface area contributed by atoms with Crippen LogP contribution in [0.2, 0.25) is 0 Å². The molecule has 3 rings (SSSR count). The van der Waals surface area contributed by atoms with Crippen molar-refractivity contribution in [3.63, 3.8) is 0 Å². The molecule has 0 nitrogen and oxygen atoms in total. The van der Waals surface area contributed by atoms with Crippen molar-refractivity contribution in [3.05, 3.63) is 35.9 Å². The lowest BCUT2D eigenvalue weighted by molar-refractivity contribution is -0.00546. The van der Waals surface area contributed by atoms with Crippen LogP contribution in [0.25, 0.3) is 0 Å². The molecule has 4 unspecified atom stereocenters. The minimum Gasteiger partial charge on any atom is -0.162 e. The predicted octanol–water partition coefficient (Wildman–Crippen LogP) is 6.16. The number of hydrogen-bond acceptors (Lipinski definition) is 1. The summed E-state index contributed by atoms with van der Waals surface area (Å²) in [5, 5.41) is 0. The van der Waals surface area contributed by atoms with Crippen molar-refractivity contribution in [1.29, 1.82) is 0 Å². The molecule has 0 amide bonds. The number of benzene rings is 1. The first-order valence-corrected chi connectivity index (χ1v) is 10.2. The van der Waals surface area contributed by atoms with Gasteiger partial charge >= 0.3 is 0 Å². The van der Waals surface area contributed by atoms with Gasteiger partial charge in [-0.3, -0.25) is 0 Å². The second kappa shape index (κ2) is 6.23. The van der Waals surface area contributed by atoms with Crippen LogP contribution in [-0.4, -0.2) is 11.5 Å². The Morgan fingerprint density at radius 2 is 1.82 bits per heavy atom. The summed E-state index contributed by atoms with van der Waals surface area (Å²) in [6.45, 7) is 9.86. The summed E-state index contributed by atoms with van der Waals surface area (Å²) in [6, 6.07) is 11.4. The van der Waals surface area contributed by atoms with Crippen LogP contribution in [-0.2, 0) is 5.41 Å².